The number of anilines is 1. The van der Waals surface area contributed by atoms with Crippen LogP contribution in [0.4, 0.5) is 5.82 Å². The highest BCUT2D eigenvalue weighted by atomic mass is 16.1. The number of aromatic amines is 1. The first-order chi connectivity index (χ1) is 7.17. The summed E-state index contributed by atoms with van der Waals surface area (Å²) in [5.74, 6) is 0.916. The largest absolute Gasteiger partial charge is 0.330 e. The molecule has 0 bridgehead atoms. The SMILES string of the molecule is CCC(CN)CC(=O)Nc1[nH]ncc1C. The van der Waals surface area contributed by atoms with E-state index in [2.05, 4.69) is 15.5 Å². The van der Waals surface area contributed by atoms with Crippen LogP contribution in [0.1, 0.15) is 25.3 Å². The van der Waals surface area contributed by atoms with E-state index in [0.29, 0.717) is 18.8 Å². The molecule has 5 heteroatoms. The van der Waals surface area contributed by atoms with Crippen molar-refractivity contribution in [3.8, 4) is 0 Å². The van der Waals surface area contributed by atoms with Crippen LogP contribution < -0.4 is 11.1 Å². The monoisotopic (exact) mass is 210 g/mol. The third kappa shape index (κ3) is 3.36. The Morgan fingerprint density at radius 1 is 1.73 bits per heavy atom. The maximum Gasteiger partial charge on any atom is 0.225 e. The Morgan fingerprint density at radius 2 is 2.47 bits per heavy atom. The van der Waals surface area contributed by atoms with Crippen LogP contribution in [0.15, 0.2) is 6.20 Å². The van der Waals surface area contributed by atoms with Crippen molar-refractivity contribution >= 4 is 11.7 Å². The van der Waals surface area contributed by atoms with Crippen LogP contribution in [0.2, 0.25) is 0 Å². The van der Waals surface area contributed by atoms with Crippen LogP contribution in [0.25, 0.3) is 0 Å². The van der Waals surface area contributed by atoms with Crippen molar-refractivity contribution in [2.75, 3.05) is 11.9 Å². The van der Waals surface area contributed by atoms with Crippen LogP contribution in [-0.2, 0) is 4.79 Å². The molecule has 1 heterocycles. The van der Waals surface area contributed by atoms with E-state index in [0.717, 1.165) is 12.0 Å². The number of nitrogens with two attached hydrogens (primary N) is 1. The quantitative estimate of drug-likeness (QED) is 0.678. The van der Waals surface area contributed by atoms with E-state index in [1.54, 1.807) is 6.20 Å². The molecule has 1 unspecified atom stereocenters. The number of nitrogens with one attached hydrogen (secondary N) is 2. The molecular formula is C10H18N4O. The second kappa shape index (κ2) is 5.50. The smallest absolute Gasteiger partial charge is 0.225 e. The van der Waals surface area contributed by atoms with Crippen molar-refractivity contribution in [3.63, 3.8) is 0 Å². The molecule has 5 nitrogen and oxygen atoms in total. The number of H-pyrrole nitrogens is 1. The van der Waals surface area contributed by atoms with Gasteiger partial charge in [-0.2, -0.15) is 5.10 Å². The molecule has 15 heavy (non-hydrogen) atoms. The van der Waals surface area contributed by atoms with Crippen molar-refractivity contribution < 1.29 is 4.79 Å². The number of hydrogen-bond donors (Lipinski definition) is 3. The van der Waals surface area contributed by atoms with Gasteiger partial charge in [-0.15, -0.1) is 0 Å². The van der Waals surface area contributed by atoms with Crippen molar-refractivity contribution in [1.82, 2.24) is 10.2 Å². The molecule has 1 atom stereocenters. The number of carbonyl (C=O) groups excluding carboxylic acids is 1. The summed E-state index contributed by atoms with van der Waals surface area (Å²) >= 11 is 0. The molecule has 1 amide bonds. The van der Waals surface area contributed by atoms with Crippen molar-refractivity contribution in [3.05, 3.63) is 11.8 Å². The summed E-state index contributed by atoms with van der Waals surface area (Å²) in [7, 11) is 0. The van der Waals surface area contributed by atoms with E-state index in [1.807, 2.05) is 13.8 Å². The number of amides is 1. The van der Waals surface area contributed by atoms with Gasteiger partial charge in [0.15, 0.2) is 0 Å². The minimum absolute atomic E-state index is 0.0142. The second-order valence-corrected chi connectivity index (χ2v) is 3.69. The van der Waals surface area contributed by atoms with Crippen LogP contribution in [0.3, 0.4) is 0 Å². The van der Waals surface area contributed by atoms with Gasteiger partial charge in [-0.25, -0.2) is 0 Å². The predicted octanol–water partition coefficient (Wildman–Crippen LogP) is 1.03. The Labute approximate surface area is 89.4 Å². The molecule has 4 N–H and O–H groups in total. The number of rotatable bonds is 5. The lowest BCUT2D eigenvalue weighted by atomic mass is 10.0. The van der Waals surface area contributed by atoms with Gasteiger partial charge in [-0.05, 0) is 19.4 Å². The topological polar surface area (TPSA) is 83.8 Å². The highest BCUT2D eigenvalue weighted by Crippen LogP contribution is 2.11. The summed E-state index contributed by atoms with van der Waals surface area (Å²) < 4.78 is 0. The van der Waals surface area contributed by atoms with Gasteiger partial charge in [-0.1, -0.05) is 13.3 Å². The first-order valence-electron chi connectivity index (χ1n) is 5.17. The second-order valence-electron chi connectivity index (χ2n) is 3.69. The van der Waals surface area contributed by atoms with E-state index in [-0.39, 0.29) is 11.8 Å². The van der Waals surface area contributed by atoms with Crippen LogP contribution >= 0.6 is 0 Å². The molecule has 0 saturated heterocycles. The molecule has 1 rings (SSSR count). The molecule has 0 spiro atoms. The fourth-order valence-electron chi connectivity index (χ4n) is 1.32. The van der Waals surface area contributed by atoms with E-state index in [1.165, 1.54) is 0 Å². The van der Waals surface area contributed by atoms with Gasteiger partial charge in [0, 0.05) is 12.0 Å². The summed E-state index contributed by atoms with van der Waals surface area (Å²) in [5, 5.41) is 9.34. The first kappa shape index (κ1) is 11.7. The fraction of sp³-hybridized carbons (Fsp3) is 0.600. The number of nitrogens with zero attached hydrogens (tertiary/aromatic N) is 1. The van der Waals surface area contributed by atoms with E-state index in [4.69, 9.17) is 5.73 Å². The molecule has 84 valence electrons. The number of aromatic nitrogens is 2. The molecule has 0 fully saturated rings. The van der Waals surface area contributed by atoms with Crippen molar-refractivity contribution in [1.29, 1.82) is 0 Å². The van der Waals surface area contributed by atoms with Crippen molar-refractivity contribution in [2.24, 2.45) is 11.7 Å². The van der Waals surface area contributed by atoms with Gasteiger partial charge < -0.3 is 11.1 Å². The molecule has 0 aromatic carbocycles. The Hall–Kier alpha value is -1.36. The zero-order valence-electron chi connectivity index (χ0n) is 9.21. The lowest BCUT2D eigenvalue weighted by Gasteiger charge is -2.11. The maximum atomic E-state index is 11.6. The minimum atomic E-state index is -0.0142. The van der Waals surface area contributed by atoms with E-state index < -0.39 is 0 Å². The lowest BCUT2D eigenvalue weighted by Crippen LogP contribution is -2.22. The maximum absolute atomic E-state index is 11.6. The van der Waals surface area contributed by atoms with Crippen LogP contribution in [0.5, 0.6) is 0 Å². The highest BCUT2D eigenvalue weighted by Gasteiger charge is 2.11. The Bertz CT molecular complexity index is 317. The van der Waals surface area contributed by atoms with Gasteiger partial charge in [-0.3, -0.25) is 9.89 Å². The lowest BCUT2D eigenvalue weighted by molar-refractivity contribution is -0.117. The van der Waals surface area contributed by atoms with Crippen molar-refractivity contribution in [2.45, 2.75) is 26.7 Å². The third-order valence-electron chi connectivity index (χ3n) is 2.48. The number of carbonyl (C=O) groups is 1. The predicted molar refractivity (Wildman–Crippen MR) is 59.4 cm³/mol. The Morgan fingerprint density at radius 3 is 2.93 bits per heavy atom. The standard InChI is InChI=1S/C10H18N4O/c1-3-8(5-11)4-9(15)13-10-7(2)6-12-14-10/h6,8H,3-5,11H2,1-2H3,(H2,12,13,14,15). The average molecular weight is 210 g/mol. The van der Waals surface area contributed by atoms with Crippen LogP contribution in [-0.4, -0.2) is 22.6 Å². The van der Waals surface area contributed by atoms with Gasteiger partial charge in [0.25, 0.3) is 0 Å². The number of aryl methyl sites for hydroxylation is 1. The van der Waals surface area contributed by atoms with Gasteiger partial charge >= 0.3 is 0 Å². The molecule has 1 aromatic heterocycles. The average Bonchev–Trinajstić information content (AvgIpc) is 2.61. The number of hydrogen-bond acceptors (Lipinski definition) is 3. The van der Waals surface area contributed by atoms with E-state index >= 15 is 0 Å². The summed E-state index contributed by atoms with van der Waals surface area (Å²) in [5.41, 5.74) is 6.47. The summed E-state index contributed by atoms with van der Waals surface area (Å²) in [4.78, 5) is 11.6. The molecule has 0 radical (unpaired) electrons. The first-order valence-corrected chi connectivity index (χ1v) is 5.17. The van der Waals surface area contributed by atoms with Gasteiger partial charge in [0.2, 0.25) is 5.91 Å². The molecule has 0 aliphatic carbocycles. The minimum Gasteiger partial charge on any atom is -0.330 e. The molecule has 0 saturated carbocycles. The zero-order valence-corrected chi connectivity index (χ0v) is 9.21. The Balaban J connectivity index is 2.46. The van der Waals surface area contributed by atoms with E-state index in [9.17, 15) is 4.79 Å². The van der Waals surface area contributed by atoms with Crippen LogP contribution in [0, 0.1) is 12.8 Å². The summed E-state index contributed by atoms with van der Waals surface area (Å²) in [6.07, 6.45) is 3.06. The summed E-state index contributed by atoms with van der Waals surface area (Å²) in [6.45, 7) is 4.47. The molecular weight excluding hydrogens is 192 g/mol. The zero-order chi connectivity index (χ0) is 11.3. The Kier molecular flexibility index (Phi) is 4.30. The van der Waals surface area contributed by atoms with Gasteiger partial charge in [0.1, 0.15) is 5.82 Å². The normalized spacial score (nSPS) is 12.5. The van der Waals surface area contributed by atoms with Gasteiger partial charge in [0.05, 0.1) is 6.20 Å². The third-order valence-corrected chi connectivity index (χ3v) is 2.48. The highest BCUT2D eigenvalue weighted by molar-refractivity contribution is 5.90. The molecule has 1 aromatic rings. The molecule has 0 aliphatic rings. The molecule has 0 aliphatic heterocycles. The fourth-order valence-corrected chi connectivity index (χ4v) is 1.32. The summed E-state index contributed by atoms with van der Waals surface area (Å²) in [6, 6.07) is 0.